The highest BCUT2D eigenvalue weighted by molar-refractivity contribution is 5.91. The quantitative estimate of drug-likeness (QED) is 0.100. The van der Waals surface area contributed by atoms with Crippen LogP contribution in [0.5, 0.6) is 5.75 Å². The summed E-state index contributed by atoms with van der Waals surface area (Å²) in [6.07, 6.45) is -1.03. The predicted molar refractivity (Wildman–Crippen MR) is 211 cm³/mol. The van der Waals surface area contributed by atoms with Gasteiger partial charge in [-0.3, -0.25) is 19.2 Å². The van der Waals surface area contributed by atoms with Gasteiger partial charge in [0.2, 0.25) is 23.6 Å². The van der Waals surface area contributed by atoms with Gasteiger partial charge in [-0.2, -0.15) is 0 Å². The van der Waals surface area contributed by atoms with Gasteiger partial charge in [-0.15, -0.1) is 0 Å². The van der Waals surface area contributed by atoms with Crippen molar-refractivity contribution in [2.45, 2.75) is 104 Å². The van der Waals surface area contributed by atoms with Crippen molar-refractivity contribution in [1.82, 2.24) is 21.3 Å². The Morgan fingerprint density at radius 3 is 1.80 bits per heavy atom. The topological polar surface area (TPSA) is 172 Å². The van der Waals surface area contributed by atoms with Gasteiger partial charge in [0, 0.05) is 0 Å². The predicted octanol–water partition coefficient (Wildman–Crippen LogP) is 4.27. The first-order chi connectivity index (χ1) is 26.2. The molecule has 4 amide bonds. The van der Waals surface area contributed by atoms with Gasteiger partial charge in [-0.1, -0.05) is 121 Å². The number of carbonyl (C=O) groups excluding carboxylic acids is 5. The Hall–Kier alpha value is -5.23. The molecule has 0 fully saturated rings. The highest BCUT2D eigenvalue weighted by atomic mass is 16.5. The number of amides is 4. The summed E-state index contributed by atoms with van der Waals surface area (Å²) >= 11 is 0. The largest absolute Gasteiger partial charge is 0.497 e. The average Bonchev–Trinajstić information content (AvgIpc) is 3.17. The first-order valence-electron chi connectivity index (χ1n) is 19.0. The van der Waals surface area contributed by atoms with E-state index in [0.717, 1.165) is 16.7 Å². The van der Waals surface area contributed by atoms with E-state index in [-0.39, 0.29) is 43.1 Å². The summed E-state index contributed by atoms with van der Waals surface area (Å²) in [7, 11) is 1.54. The summed E-state index contributed by atoms with van der Waals surface area (Å²) in [6.45, 7) is 10.9. The third-order valence-corrected chi connectivity index (χ3v) is 9.50. The highest BCUT2D eigenvalue weighted by Crippen LogP contribution is 2.16. The van der Waals surface area contributed by atoms with Crippen molar-refractivity contribution in [2.24, 2.45) is 17.8 Å². The van der Waals surface area contributed by atoms with Crippen LogP contribution in [0.4, 0.5) is 0 Å². The molecule has 3 aromatic rings. The van der Waals surface area contributed by atoms with Gasteiger partial charge in [0.05, 0.1) is 32.1 Å². The van der Waals surface area contributed by atoms with Gasteiger partial charge in [-0.05, 0) is 53.0 Å². The first kappa shape index (κ1) is 44.2. The van der Waals surface area contributed by atoms with Crippen molar-refractivity contribution >= 4 is 29.6 Å². The minimum Gasteiger partial charge on any atom is -0.497 e. The van der Waals surface area contributed by atoms with Crippen LogP contribution in [0.1, 0.15) is 71.1 Å². The Bertz CT molecular complexity index is 1680. The molecule has 0 spiro atoms. The van der Waals surface area contributed by atoms with Crippen LogP contribution >= 0.6 is 0 Å². The third-order valence-electron chi connectivity index (χ3n) is 9.50. The Morgan fingerprint density at radius 2 is 1.22 bits per heavy atom. The fourth-order valence-corrected chi connectivity index (χ4v) is 5.98. The fourth-order valence-electron chi connectivity index (χ4n) is 5.98. The number of nitrogens with one attached hydrogen (secondary N) is 4. The average molecular weight is 759 g/mol. The molecule has 12 nitrogen and oxygen atoms in total. The van der Waals surface area contributed by atoms with Crippen molar-refractivity contribution < 1.29 is 38.6 Å². The molecule has 0 aliphatic carbocycles. The molecular weight excluding hydrogens is 700 g/mol. The zero-order valence-electron chi connectivity index (χ0n) is 33.0. The zero-order valence-corrected chi connectivity index (χ0v) is 33.0. The summed E-state index contributed by atoms with van der Waals surface area (Å²) in [6, 6.07) is 21.7. The van der Waals surface area contributed by atoms with E-state index in [4.69, 9.17) is 9.47 Å². The molecule has 0 radical (unpaired) electrons. The smallest absolute Gasteiger partial charge is 0.329 e. The van der Waals surface area contributed by atoms with E-state index >= 15 is 0 Å². The van der Waals surface area contributed by atoms with E-state index in [1.807, 2.05) is 74.5 Å². The monoisotopic (exact) mass is 758 g/mol. The number of esters is 1. The number of rotatable bonds is 21. The molecule has 0 bridgehead atoms. The summed E-state index contributed by atoms with van der Waals surface area (Å²) in [5.41, 5.74) is 2.34. The van der Waals surface area contributed by atoms with Gasteiger partial charge in [0.25, 0.3) is 0 Å². The zero-order chi connectivity index (χ0) is 40.5. The van der Waals surface area contributed by atoms with Crippen LogP contribution in [0.2, 0.25) is 0 Å². The number of methoxy groups -OCH3 is 1. The van der Waals surface area contributed by atoms with Crippen molar-refractivity contribution in [2.75, 3.05) is 7.11 Å². The van der Waals surface area contributed by atoms with E-state index < -0.39 is 60.4 Å². The van der Waals surface area contributed by atoms with Gasteiger partial charge in [-0.25, -0.2) is 4.79 Å². The van der Waals surface area contributed by atoms with Crippen molar-refractivity contribution in [3.05, 3.63) is 102 Å². The number of hydrogen-bond donors (Lipinski definition) is 5. The maximum Gasteiger partial charge on any atom is 0.329 e. The second-order valence-corrected chi connectivity index (χ2v) is 14.6. The number of benzene rings is 3. The minimum absolute atomic E-state index is 0.0294. The van der Waals surface area contributed by atoms with Crippen LogP contribution in [-0.2, 0) is 48.2 Å². The Labute approximate surface area is 325 Å². The van der Waals surface area contributed by atoms with Crippen molar-refractivity contribution in [3.63, 3.8) is 0 Å². The lowest BCUT2D eigenvalue weighted by Gasteiger charge is -2.30. The number of aliphatic hydroxyl groups excluding tert-OH is 1. The van der Waals surface area contributed by atoms with Crippen LogP contribution in [0, 0.1) is 17.8 Å². The molecule has 55 heavy (non-hydrogen) atoms. The standard InChI is InChI=1S/C43H58N4O8/c1-8-29(6)40(42(52)47-39(28(4)5)43(53)55-26-31-18-13-10-14-19-31)46-37(50)25-35(48)34(23-30-16-11-9-12-17-30)44-41(51)38(27(2)3)45-36(49)24-32-20-15-21-33(22-32)54-7/h9-22,27-29,34-35,38-40,48H,8,23-26H2,1-7H3,(H,44,51)(H,45,49)(H,46,50)(H,47,52)/t29-,34-,35-,38?,39?,40-/m0/s1. The Morgan fingerprint density at radius 1 is 0.655 bits per heavy atom. The minimum atomic E-state index is -1.36. The highest BCUT2D eigenvalue weighted by Gasteiger charge is 2.34. The SMILES string of the molecule is CC[C@H](C)[C@H](NC(=O)C[C@H](O)[C@H](Cc1ccccc1)NC(=O)C(NC(=O)Cc1cccc(OC)c1)C(C)C)C(=O)NC(C(=O)OCc1ccccc1)C(C)C. The number of ether oxygens (including phenoxy) is 2. The molecule has 0 saturated heterocycles. The van der Waals surface area contributed by atoms with Crippen LogP contribution < -0.4 is 26.0 Å². The number of aliphatic hydroxyl groups is 1. The first-order valence-corrected chi connectivity index (χ1v) is 19.0. The van der Waals surface area contributed by atoms with Crippen LogP contribution in [-0.4, -0.2) is 72.1 Å². The normalized spacial score (nSPS) is 14.4. The Balaban J connectivity index is 1.72. The van der Waals surface area contributed by atoms with Crippen molar-refractivity contribution in [1.29, 1.82) is 0 Å². The van der Waals surface area contributed by atoms with Gasteiger partial charge in [0.1, 0.15) is 30.5 Å². The number of hydrogen-bond acceptors (Lipinski definition) is 8. The van der Waals surface area contributed by atoms with E-state index in [0.29, 0.717) is 12.2 Å². The van der Waals surface area contributed by atoms with Crippen LogP contribution in [0.25, 0.3) is 0 Å². The summed E-state index contributed by atoms with van der Waals surface area (Å²) in [5.74, 6) is -2.93. The van der Waals surface area contributed by atoms with E-state index in [1.165, 1.54) is 0 Å². The van der Waals surface area contributed by atoms with Crippen molar-refractivity contribution in [3.8, 4) is 5.75 Å². The van der Waals surface area contributed by atoms with Gasteiger partial charge < -0.3 is 35.8 Å². The Kier molecular flexibility index (Phi) is 17.8. The van der Waals surface area contributed by atoms with E-state index in [9.17, 15) is 29.1 Å². The molecule has 6 atom stereocenters. The maximum absolute atomic E-state index is 13.8. The third kappa shape index (κ3) is 14.5. The van der Waals surface area contributed by atoms with E-state index in [1.54, 1.807) is 59.1 Å². The molecule has 2 unspecified atom stereocenters. The van der Waals surface area contributed by atoms with Gasteiger partial charge in [0.15, 0.2) is 0 Å². The lowest BCUT2D eigenvalue weighted by atomic mass is 9.95. The summed E-state index contributed by atoms with van der Waals surface area (Å²) in [4.78, 5) is 67.1. The molecule has 0 heterocycles. The lowest BCUT2D eigenvalue weighted by molar-refractivity contribution is -0.150. The molecule has 0 aliphatic heterocycles. The summed E-state index contributed by atoms with van der Waals surface area (Å²) < 4.78 is 10.8. The van der Waals surface area contributed by atoms with Crippen LogP contribution in [0.15, 0.2) is 84.9 Å². The maximum atomic E-state index is 13.8. The molecule has 298 valence electrons. The number of carbonyl (C=O) groups is 5. The molecule has 0 aromatic heterocycles. The molecule has 5 N–H and O–H groups in total. The molecule has 0 saturated carbocycles. The second-order valence-electron chi connectivity index (χ2n) is 14.6. The summed E-state index contributed by atoms with van der Waals surface area (Å²) in [5, 5.41) is 22.8. The van der Waals surface area contributed by atoms with Crippen LogP contribution in [0.3, 0.4) is 0 Å². The molecule has 0 aliphatic rings. The molecule has 3 rings (SSSR count). The second kappa shape index (κ2) is 22.2. The molecular formula is C43H58N4O8. The lowest BCUT2D eigenvalue weighted by Crippen LogP contribution is -2.57. The molecule has 12 heteroatoms. The van der Waals surface area contributed by atoms with Gasteiger partial charge >= 0.3 is 5.97 Å². The molecule has 3 aromatic carbocycles. The van der Waals surface area contributed by atoms with E-state index in [2.05, 4.69) is 21.3 Å². The fraction of sp³-hybridized carbons (Fsp3) is 0.465.